The average molecular weight is 329 g/mol. The largest absolute Gasteiger partial charge is 0.355 e. The van der Waals surface area contributed by atoms with Crippen LogP contribution >= 0.6 is 11.3 Å². The molecule has 3 aromatic rings. The maximum atomic E-state index is 5.47. The Bertz CT molecular complexity index is 722. The third-order valence-corrected chi connectivity index (χ3v) is 5.11. The van der Waals surface area contributed by atoms with Crippen molar-refractivity contribution in [1.82, 2.24) is 24.8 Å². The zero-order chi connectivity index (χ0) is 15.5. The molecule has 0 radical (unpaired) electrons. The van der Waals surface area contributed by atoms with E-state index in [4.69, 9.17) is 4.52 Å². The Hall–Kier alpha value is -1.99. The van der Waals surface area contributed by atoms with Gasteiger partial charge in [-0.15, -0.1) is 11.3 Å². The zero-order valence-electron chi connectivity index (χ0n) is 12.8. The molecule has 0 unspecified atom stereocenters. The molecule has 1 aliphatic rings. The summed E-state index contributed by atoms with van der Waals surface area (Å²) in [6.45, 7) is 3.98. The smallest absolute Gasteiger partial charge is 0.177 e. The number of hydrogen-bond donors (Lipinski definition) is 0. The summed E-state index contributed by atoms with van der Waals surface area (Å²) in [5, 5.41) is 10.5. The van der Waals surface area contributed by atoms with E-state index in [1.54, 1.807) is 24.0 Å². The van der Waals surface area contributed by atoms with E-state index in [9.17, 15) is 0 Å². The first-order chi connectivity index (χ1) is 11.4. The monoisotopic (exact) mass is 329 g/mol. The van der Waals surface area contributed by atoms with Gasteiger partial charge in [0.25, 0.3) is 0 Å². The van der Waals surface area contributed by atoms with Crippen LogP contribution < -0.4 is 0 Å². The molecule has 4 heterocycles. The first-order valence-corrected chi connectivity index (χ1v) is 8.79. The van der Waals surface area contributed by atoms with Crippen molar-refractivity contribution in [2.75, 3.05) is 13.1 Å². The molecule has 0 aliphatic carbocycles. The second kappa shape index (κ2) is 6.64. The van der Waals surface area contributed by atoms with E-state index in [0.717, 1.165) is 42.5 Å². The molecule has 0 bridgehead atoms. The van der Waals surface area contributed by atoms with E-state index in [2.05, 4.69) is 37.7 Å². The molecular formula is C16H19N5OS. The highest BCUT2D eigenvalue weighted by Crippen LogP contribution is 2.26. The average Bonchev–Trinajstić information content (AvgIpc) is 3.30. The maximum Gasteiger partial charge on any atom is 0.177 e. The zero-order valence-corrected chi connectivity index (χ0v) is 13.7. The van der Waals surface area contributed by atoms with Crippen LogP contribution in [0.3, 0.4) is 0 Å². The third-order valence-electron chi connectivity index (χ3n) is 4.22. The highest BCUT2D eigenvalue weighted by molar-refractivity contribution is 7.13. The minimum atomic E-state index is 0.620. The van der Waals surface area contributed by atoms with Crippen LogP contribution in [-0.4, -0.2) is 37.9 Å². The summed E-state index contributed by atoms with van der Waals surface area (Å²) >= 11 is 1.67. The normalized spacial score (nSPS) is 19.2. The van der Waals surface area contributed by atoms with Gasteiger partial charge in [-0.1, -0.05) is 11.2 Å². The molecule has 120 valence electrons. The number of piperidine rings is 1. The molecule has 6 nitrogen and oxygen atoms in total. The van der Waals surface area contributed by atoms with Gasteiger partial charge in [-0.25, -0.2) is 4.98 Å². The summed E-state index contributed by atoms with van der Waals surface area (Å²) in [6, 6.07) is 6.15. The molecule has 1 atom stereocenters. The van der Waals surface area contributed by atoms with Crippen molar-refractivity contribution in [1.29, 1.82) is 0 Å². The Labute approximate surface area is 138 Å². The molecule has 1 aliphatic heterocycles. The minimum absolute atomic E-state index is 0.620. The van der Waals surface area contributed by atoms with Gasteiger partial charge in [0.1, 0.15) is 12.7 Å². The van der Waals surface area contributed by atoms with Crippen molar-refractivity contribution in [2.24, 2.45) is 5.92 Å². The van der Waals surface area contributed by atoms with Crippen LogP contribution in [0.5, 0.6) is 0 Å². The van der Waals surface area contributed by atoms with Crippen LogP contribution in [0.1, 0.15) is 18.5 Å². The number of aromatic nitrogens is 4. The molecule has 7 heteroatoms. The molecule has 0 saturated carbocycles. The van der Waals surface area contributed by atoms with E-state index < -0.39 is 0 Å². The van der Waals surface area contributed by atoms with Crippen molar-refractivity contribution in [2.45, 2.75) is 25.9 Å². The van der Waals surface area contributed by atoms with Crippen LogP contribution in [0.2, 0.25) is 0 Å². The third kappa shape index (κ3) is 3.51. The van der Waals surface area contributed by atoms with E-state index >= 15 is 0 Å². The molecule has 1 saturated heterocycles. The lowest BCUT2D eigenvalue weighted by Gasteiger charge is -2.31. The van der Waals surface area contributed by atoms with Crippen molar-refractivity contribution in [3.05, 3.63) is 41.9 Å². The predicted octanol–water partition coefficient (Wildman–Crippen LogP) is 2.91. The summed E-state index contributed by atoms with van der Waals surface area (Å²) in [5.74, 6) is 1.49. The van der Waals surface area contributed by atoms with Gasteiger partial charge in [0, 0.05) is 25.7 Å². The molecular weight excluding hydrogens is 310 g/mol. The number of rotatable bonds is 5. The van der Waals surface area contributed by atoms with Gasteiger partial charge >= 0.3 is 0 Å². The SMILES string of the molecule is c1csc(-c2cc(CN3CCC[C@@H](Cn4cncn4)C3)no2)c1. The Balaban J connectivity index is 1.37. The molecule has 3 aromatic heterocycles. The number of nitrogens with zero attached hydrogens (tertiary/aromatic N) is 5. The number of thiophene rings is 1. The lowest BCUT2D eigenvalue weighted by molar-refractivity contribution is 0.150. The standard InChI is InChI=1S/C16H19N5OS/c1-3-13(9-21-12-17-11-18-21)8-20(5-1)10-14-7-15(22-19-14)16-4-2-6-23-16/h2,4,6-7,11-13H,1,3,5,8-10H2/t13-/m1/s1. The molecule has 0 amide bonds. The maximum absolute atomic E-state index is 5.47. The van der Waals surface area contributed by atoms with Gasteiger partial charge in [0.05, 0.1) is 10.6 Å². The highest BCUT2D eigenvalue weighted by Gasteiger charge is 2.21. The minimum Gasteiger partial charge on any atom is -0.355 e. The molecule has 0 aromatic carbocycles. The first-order valence-electron chi connectivity index (χ1n) is 7.91. The van der Waals surface area contributed by atoms with Crippen molar-refractivity contribution in [3.8, 4) is 10.6 Å². The van der Waals surface area contributed by atoms with Gasteiger partial charge < -0.3 is 4.52 Å². The summed E-state index contributed by atoms with van der Waals surface area (Å²) in [7, 11) is 0. The molecule has 23 heavy (non-hydrogen) atoms. The summed E-state index contributed by atoms with van der Waals surface area (Å²) < 4.78 is 7.40. The quantitative estimate of drug-likeness (QED) is 0.720. The molecule has 0 spiro atoms. The van der Waals surface area contributed by atoms with Crippen LogP contribution in [-0.2, 0) is 13.1 Å². The van der Waals surface area contributed by atoms with Gasteiger partial charge in [0.2, 0.25) is 0 Å². The van der Waals surface area contributed by atoms with Gasteiger partial charge in [-0.05, 0) is 36.8 Å². The Morgan fingerprint density at radius 3 is 3.22 bits per heavy atom. The second-order valence-electron chi connectivity index (χ2n) is 6.02. The van der Waals surface area contributed by atoms with Crippen LogP contribution in [0.15, 0.2) is 40.8 Å². The van der Waals surface area contributed by atoms with Crippen LogP contribution in [0.4, 0.5) is 0 Å². The Morgan fingerprint density at radius 2 is 2.39 bits per heavy atom. The van der Waals surface area contributed by atoms with Crippen molar-refractivity contribution < 1.29 is 4.52 Å². The first kappa shape index (κ1) is 14.6. The highest BCUT2D eigenvalue weighted by atomic mass is 32.1. The lowest BCUT2D eigenvalue weighted by atomic mass is 9.98. The Morgan fingerprint density at radius 1 is 1.39 bits per heavy atom. The Kier molecular flexibility index (Phi) is 4.21. The summed E-state index contributed by atoms with van der Waals surface area (Å²) in [4.78, 5) is 7.61. The number of likely N-dealkylation sites (tertiary alicyclic amines) is 1. The van der Waals surface area contributed by atoms with E-state index in [1.165, 1.54) is 12.8 Å². The van der Waals surface area contributed by atoms with Crippen molar-refractivity contribution >= 4 is 11.3 Å². The fraction of sp³-hybridized carbons (Fsp3) is 0.438. The molecule has 4 rings (SSSR count). The van der Waals surface area contributed by atoms with E-state index in [1.807, 2.05) is 10.7 Å². The predicted molar refractivity (Wildman–Crippen MR) is 87.8 cm³/mol. The van der Waals surface area contributed by atoms with Crippen LogP contribution in [0.25, 0.3) is 10.6 Å². The van der Waals surface area contributed by atoms with Crippen LogP contribution in [0, 0.1) is 5.92 Å². The molecule has 0 N–H and O–H groups in total. The fourth-order valence-electron chi connectivity index (χ4n) is 3.19. The van der Waals surface area contributed by atoms with E-state index in [-0.39, 0.29) is 0 Å². The van der Waals surface area contributed by atoms with Gasteiger partial charge in [0.15, 0.2) is 5.76 Å². The number of hydrogen-bond acceptors (Lipinski definition) is 6. The molecule has 1 fully saturated rings. The lowest BCUT2D eigenvalue weighted by Crippen LogP contribution is -2.36. The summed E-state index contributed by atoms with van der Waals surface area (Å²) in [6.07, 6.45) is 5.86. The topological polar surface area (TPSA) is 60.0 Å². The second-order valence-corrected chi connectivity index (χ2v) is 6.97. The van der Waals surface area contributed by atoms with Gasteiger partial charge in [-0.3, -0.25) is 9.58 Å². The van der Waals surface area contributed by atoms with E-state index in [0.29, 0.717) is 5.92 Å². The summed E-state index contributed by atoms with van der Waals surface area (Å²) in [5.41, 5.74) is 1.01. The van der Waals surface area contributed by atoms with Crippen molar-refractivity contribution in [3.63, 3.8) is 0 Å². The van der Waals surface area contributed by atoms with Gasteiger partial charge in [-0.2, -0.15) is 5.10 Å². The fourth-order valence-corrected chi connectivity index (χ4v) is 3.86.